The van der Waals surface area contributed by atoms with Crippen LogP contribution in [0.3, 0.4) is 0 Å². The lowest BCUT2D eigenvalue weighted by molar-refractivity contribution is -0.121. The molecule has 28 heavy (non-hydrogen) atoms. The Labute approximate surface area is 167 Å². The highest BCUT2D eigenvalue weighted by Crippen LogP contribution is 2.26. The molecule has 1 amide bonds. The summed E-state index contributed by atoms with van der Waals surface area (Å²) in [5.41, 5.74) is 5.04. The topological polar surface area (TPSA) is 47.6 Å². The van der Waals surface area contributed by atoms with Crippen molar-refractivity contribution in [2.45, 2.75) is 45.1 Å². The van der Waals surface area contributed by atoms with Gasteiger partial charge in [-0.3, -0.25) is 4.79 Å². The molecule has 0 spiro atoms. The van der Waals surface area contributed by atoms with E-state index in [1.54, 1.807) is 13.2 Å². The van der Waals surface area contributed by atoms with Crippen LogP contribution in [-0.4, -0.2) is 19.6 Å². The summed E-state index contributed by atoms with van der Waals surface area (Å²) in [5, 5.41) is 3.03. The molecule has 2 aromatic rings. The number of fused-ring (bicyclic) bond motifs is 1. The van der Waals surface area contributed by atoms with E-state index in [0.29, 0.717) is 30.9 Å². The van der Waals surface area contributed by atoms with Crippen molar-refractivity contribution in [2.75, 3.05) is 13.7 Å². The third kappa shape index (κ3) is 5.29. The van der Waals surface area contributed by atoms with Crippen molar-refractivity contribution >= 4 is 5.91 Å². The fraction of sp³-hybridized carbons (Fsp3) is 0.375. The van der Waals surface area contributed by atoms with E-state index < -0.39 is 0 Å². The van der Waals surface area contributed by atoms with Gasteiger partial charge < -0.3 is 14.8 Å². The molecule has 0 aliphatic heterocycles. The van der Waals surface area contributed by atoms with E-state index in [1.807, 2.05) is 12.1 Å². The van der Waals surface area contributed by atoms with E-state index in [1.165, 1.54) is 36.0 Å². The van der Waals surface area contributed by atoms with E-state index in [-0.39, 0.29) is 12.5 Å². The zero-order valence-corrected chi connectivity index (χ0v) is 16.4. The van der Waals surface area contributed by atoms with Gasteiger partial charge >= 0.3 is 0 Å². The smallest absolute Gasteiger partial charge is 0.220 e. The molecule has 4 heteroatoms. The van der Waals surface area contributed by atoms with Crippen LogP contribution in [0, 0.1) is 12.3 Å². The molecule has 2 aromatic carbocycles. The quantitative estimate of drug-likeness (QED) is 0.711. The Morgan fingerprint density at radius 2 is 1.96 bits per heavy atom. The second-order valence-electron chi connectivity index (χ2n) is 7.05. The van der Waals surface area contributed by atoms with Gasteiger partial charge in [0, 0.05) is 19.0 Å². The molecule has 0 saturated carbocycles. The SMILES string of the molecule is C#CCOc1ccc(CCC(=O)NCc2ccc3c(c2)CCCC3)c(OC)c1. The summed E-state index contributed by atoms with van der Waals surface area (Å²) < 4.78 is 10.8. The lowest BCUT2D eigenvalue weighted by atomic mass is 9.90. The van der Waals surface area contributed by atoms with E-state index in [4.69, 9.17) is 15.9 Å². The summed E-state index contributed by atoms with van der Waals surface area (Å²) in [5.74, 6) is 3.84. The lowest BCUT2D eigenvalue weighted by Crippen LogP contribution is -2.23. The second-order valence-corrected chi connectivity index (χ2v) is 7.05. The molecular formula is C24H27NO3. The highest BCUT2D eigenvalue weighted by atomic mass is 16.5. The molecule has 0 aromatic heterocycles. The second kappa shape index (κ2) is 9.85. The van der Waals surface area contributed by atoms with E-state index in [0.717, 1.165) is 12.0 Å². The normalized spacial score (nSPS) is 12.6. The fourth-order valence-electron chi connectivity index (χ4n) is 3.58. The van der Waals surface area contributed by atoms with Gasteiger partial charge in [-0.2, -0.15) is 0 Å². The van der Waals surface area contributed by atoms with Gasteiger partial charge in [0.1, 0.15) is 18.1 Å². The number of carbonyl (C=O) groups is 1. The molecule has 1 N–H and O–H groups in total. The van der Waals surface area contributed by atoms with Crippen molar-refractivity contribution in [3.8, 4) is 23.8 Å². The van der Waals surface area contributed by atoms with Gasteiger partial charge in [-0.05, 0) is 60.4 Å². The standard InChI is InChI=1S/C24H27NO3/c1-3-14-28-22-12-10-20(23(16-22)27-2)11-13-24(26)25-17-18-8-9-19-6-4-5-7-21(19)15-18/h1,8-10,12,15-16H,4-7,11,13-14,17H2,2H3,(H,25,26). The zero-order valence-electron chi connectivity index (χ0n) is 16.4. The van der Waals surface area contributed by atoms with Crippen LogP contribution in [0.15, 0.2) is 36.4 Å². The van der Waals surface area contributed by atoms with Gasteiger partial charge in [0.25, 0.3) is 0 Å². The number of carbonyl (C=O) groups excluding carboxylic acids is 1. The Morgan fingerprint density at radius 1 is 1.14 bits per heavy atom. The summed E-state index contributed by atoms with van der Waals surface area (Å²) in [6.45, 7) is 0.787. The van der Waals surface area contributed by atoms with Gasteiger partial charge in [-0.15, -0.1) is 6.42 Å². The maximum Gasteiger partial charge on any atom is 0.220 e. The first-order valence-electron chi connectivity index (χ1n) is 9.80. The minimum atomic E-state index is 0.0347. The Balaban J connectivity index is 1.51. The molecule has 0 fully saturated rings. The predicted molar refractivity (Wildman–Crippen MR) is 111 cm³/mol. The highest BCUT2D eigenvalue weighted by Gasteiger charge is 2.11. The van der Waals surface area contributed by atoms with Crippen molar-refractivity contribution in [1.82, 2.24) is 5.32 Å². The van der Waals surface area contributed by atoms with Crippen molar-refractivity contribution < 1.29 is 14.3 Å². The molecule has 0 radical (unpaired) electrons. The zero-order chi connectivity index (χ0) is 19.8. The number of aryl methyl sites for hydroxylation is 3. The number of nitrogens with one attached hydrogen (secondary N) is 1. The molecule has 0 saturated heterocycles. The third-order valence-electron chi connectivity index (χ3n) is 5.10. The molecule has 146 valence electrons. The molecular weight excluding hydrogens is 350 g/mol. The Hall–Kier alpha value is -2.93. The third-order valence-corrected chi connectivity index (χ3v) is 5.10. The van der Waals surface area contributed by atoms with Crippen LogP contribution >= 0.6 is 0 Å². The van der Waals surface area contributed by atoms with E-state index in [2.05, 4.69) is 29.4 Å². The first-order valence-corrected chi connectivity index (χ1v) is 9.80. The molecule has 0 bridgehead atoms. The predicted octanol–water partition coefficient (Wildman–Crippen LogP) is 3.84. The van der Waals surface area contributed by atoms with E-state index >= 15 is 0 Å². The maximum absolute atomic E-state index is 12.3. The number of rotatable bonds is 8. The van der Waals surface area contributed by atoms with Gasteiger partial charge in [0.2, 0.25) is 5.91 Å². The summed E-state index contributed by atoms with van der Waals surface area (Å²) >= 11 is 0. The molecule has 0 unspecified atom stereocenters. The van der Waals surface area contributed by atoms with Crippen LogP contribution in [0.2, 0.25) is 0 Å². The molecule has 0 atom stereocenters. The molecule has 0 heterocycles. The largest absolute Gasteiger partial charge is 0.496 e. The van der Waals surface area contributed by atoms with Gasteiger partial charge in [-0.1, -0.05) is 30.2 Å². The number of hydrogen-bond acceptors (Lipinski definition) is 3. The minimum absolute atomic E-state index is 0.0347. The minimum Gasteiger partial charge on any atom is -0.496 e. The average Bonchev–Trinajstić information content (AvgIpc) is 2.74. The maximum atomic E-state index is 12.3. The number of ether oxygens (including phenoxy) is 2. The average molecular weight is 377 g/mol. The van der Waals surface area contributed by atoms with Crippen molar-refractivity contribution in [1.29, 1.82) is 0 Å². The number of terminal acetylenes is 1. The Kier molecular flexibility index (Phi) is 6.97. The van der Waals surface area contributed by atoms with Crippen molar-refractivity contribution in [3.05, 3.63) is 58.7 Å². The summed E-state index contributed by atoms with van der Waals surface area (Å²) in [7, 11) is 1.61. The van der Waals surface area contributed by atoms with Crippen LogP contribution in [0.5, 0.6) is 11.5 Å². The monoisotopic (exact) mass is 377 g/mol. The number of hydrogen-bond donors (Lipinski definition) is 1. The highest BCUT2D eigenvalue weighted by molar-refractivity contribution is 5.76. The number of methoxy groups -OCH3 is 1. The Bertz CT molecular complexity index is 867. The van der Waals surface area contributed by atoms with Crippen molar-refractivity contribution in [3.63, 3.8) is 0 Å². The summed E-state index contributed by atoms with van der Waals surface area (Å²) in [4.78, 5) is 12.3. The summed E-state index contributed by atoms with van der Waals surface area (Å²) in [6.07, 6.45) is 11.1. The summed E-state index contributed by atoms with van der Waals surface area (Å²) in [6, 6.07) is 12.2. The number of benzene rings is 2. The van der Waals surface area contributed by atoms with Crippen molar-refractivity contribution in [2.24, 2.45) is 0 Å². The molecule has 1 aliphatic rings. The van der Waals surface area contributed by atoms with Gasteiger partial charge in [-0.25, -0.2) is 0 Å². The number of amides is 1. The molecule has 1 aliphatic carbocycles. The first-order chi connectivity index (χ1) is 13.7. The van der Waals surface area contributed by atoms with Gasteiger partial charge in [0.15, 0.2) is 0 Å². The van der Waals surface area contributed by atoms with Crippen LogP contribution in [0.25, 0.3) is 0 Å². The first kappa shape index (κ1) is 19.8. The Morgan fingerprint density at radius 3 is 2.75 bits per heavy atom. The molecule has 3 rings (SSSR count). The van der Waals surface area contributed by atoms with Crippen LogP contribution in [0.4, 0.5) is 0 Å². The van der Waals surface area contributed by atoms with Crippen LogP contribution in [0.1, 0.15) is 41.5 Å². The van der Waals surface area contributed by atoms with E-state index in [9.17, 15) is 4.79 Å². The van der Waals surface area contributed by atoms with Crippen LogP contribution < -0.4 is 14.8 Å². The van der Waals surface area contributed by atoms with Crippen LogP contribution in [-0.2, 0) is 30.6 Å². The lowest BCUT2D eigenvalue weighted by Gasteiger charge is -2.16. The molecule has 4 nitrogen and oxygen atoms in total. The van der Waals surface area contributed by atoms with Gasteiger partial charge in [0.05, 0.1) is 7.11 Å². The fourth-order valence-corrected chi connectivity index (χ4v) is 3.58.